The minimum atomic E-state index is -1.15. The van der Waals surface area contributed by atoms with Crippen LogP contribution in [-0.2, 0) is 9.59 Å². The molecule has 0 saturated carbocycles. The van der Waals surface area contributed by atoms with E-state index in [9.17, 15) is 18.8 Å². The Bertz CT molecular complexity index is 1320. The third kappa shape index (κ3) is 5.45. The number of benzene rings is 3. The molecule has 3 amide bonds. The van der Waals surface area contributed by atoms with Crippen molar-refractivity contribution in [2.24, 2.45) is 0 Å². The molecular formula is C25H20ClFN4O4S. The second-order valence-electron chi connectivity index (χ2n) is 7.75. The Balaban J connectivity index is 1.59. The summed E-state index contributed by atoms with van der Waals surface area (Å²) in [5, 5.41) is 4.28. The van der Waals surface area contributed by atoms with Gasteiger partial charge >= 0.3 is 0 Å². The van der Waals surface area contributed by atoms with E-state index in [-0.39, 0.29) is 17.1 Å². The summed E-state index contributed by atoms with van der Waals surface area (Å²) in [6.07, 6.45) is -0.325. The number of hydrogen-bond donors (Lipinski definition) is 2. The van der Waals surface area contributed by atoms with Crippen LogP contribution in [-0.4, -0.2) is 41.0 Å². The largest absolute Gasteiger partial charge is 0.497 e. The number of hydrogen-bond acceptors (Lipinski definition) is 5. The molecule has 1 saturated heterocycles. The van der Waals surface area contributed by atoms with Crippen LogP contribution in [0.2, 0.25) is 5.02 Å². The maximum absolute atomic E-state index is 13.5. The Morgan fingerprint density at radius 3 is 2.44 bits per heavy atom. The van der Waals surface area contributed by atoms with Crippen molar-refractivity contribution in [2.45, 2.75) is 12.5 Å². The second kappa shape index (κ2) is 10.7. The zero-order chi connectivity index (χ0) is 25.8. The van der Waals surface area contributed by atoms with E-state index in [1.807, 2.05) is 0 Å². The van der Waals surface area contributed by atoms with Gasteiger partial charge < -0.3 is 10.1 Å². The summed E-state index contributed by atoms with van der Waals surface area (Å²) in [6.45, 7) is 0. The summed E-state index contributed by atoms with van der Waals surface area (Å²) in [5.41, 5.74) is 3.66. The smallest absolute Gasteiger partial charge is 0.269 e. The zero-order valence-electron chi connectivity index (χ0n) is 18.9. The van der Waals surface area contributed by atoms with Crippen LogP contribution < -0.4 is 20.4 Å². The lowest BCUT2D eigenvalue weighted by molar-refractivity contribution is -0.124. The highest BCUT2D eigenvalue weighted by Gasteiger charge is 2.45. The van der Waals surface area contributed by atoms with Crippen LogP contribution in [0.25, 0.3) is 0 Å². The van der Waals surface area contributed by atoms with Gasteiger partial charge in [0.25, 0.3) is 11.8 Å². The van der Waals surface area contributed by atoms with Crippen LogP contribution in [0.15, 0.2) is 72.8 Å². The molecule has 2 N–H and O–H groups in total. The van der Waals surface area contributed by atoms with Crippen molar-refractivity contribution in [1.82, 2.24) is 10.4 Å². The predicted molar refractivity (Wildman–Crippen MR) is 137 cm³/mol. The molecule has 3 aromatic rings. The molecule has 184 valence electrons. The van der Waals surface area contributed by atoms with Crippen LogP contribution in [0.5, 0.6) is 5.75 Å². The highest BCUT2D eigenvalue weighted by Crippen LogP contribution is 2.27. The van der Waals surface area contributed by atoms with E-state index in [0.29, 0.717) is 22.1 Å². The van der Waals surface area contributed by atoms with Gasteiger partial charge in [0.05, 0.1) is 19.2 Å². The molecule has 1 fully saturated rings. The number of nitrogens with one attached hydrogen (secondary N) is 2. The van der Waals surface area contributed by atoms with Gasteiger partial charge in [0.15, 0.2) is 0 Å². The minimum absolute atomic E-state index is 0.0619. The topological polar surface area (TPSA) is 91.0 Å². The van der Waals surface area contributed by atoms with Crippen molar-refractivity contribution >= 4 is 58.0 Å². The molecule has 11 heteroatoms. The molecule has 1 aliphatic rings. The highest BCUT2D eigenvalue weighted by molar-refractivity contribution is 7.80. The number of amides is 3. The number of hydrazine groups is 1. The maximum atomic E-state index is 13.5. The first-order valence-corrected chi connectivity index (χ1v) is 11.5. The van der Waals surface area contributed by atoms with Gasteiger partial charge in [0.1, 0.15) is 17.6 Å². The maximum Gasteiger partial charge on any atom is 0.269 e. The Morgan fingerprint density at radius 1 is 1.08 bits per heavy atom. The van der Waals surface area contributed by atoms with Gasteiger partial charge in [-0.25, -0.2) is 9.40 Å². The Hall–Kier alpha value is -4.02. The molecule has 36 heavy (non-hydrogen) atoms. The van der Waals surface area contributed by atoms with Crippen molar-refractivity contribution in [3.8, 4) is 5.75 Å². The second-order valence-corrected chi connectivity index (χ2v) is 8.55. The number of carbonyl (C=O) groups excluding carboxylic acids is 3. The van der Waals surface area contributed by atoms with Crippen LogP contribution in [0.1, 0.15) is 16.8 Å². The molecular weight excluding hydrogens is 507 g/mol. The van der Waals surface area contributed by atoms with Gasteiger partial charge in [0, 0.05) is 22.3 Å². The number of methoxy groups -OCH3 is 1. The third-order valence-electron chi connectivity index (χ3n) is 5.36. The van der Waals surface area contributed by atoms with E-state index >= 15 is 0 Å². The summed E-state index contributed by atoms with van der Waals surface area (Å²) in [7, 11) is 1.50. The number of anilines is 2. The highest BCUT2D eigenvalue weighted by atomic mass is 35.5. The molecule has 1 heterocycles. The van der Waals surface area contributed by atoms with E-state index < -0.39 is 29.6 Å². The molecule has 1 aliphatic heterocycles. The molecule has 1 unspecified atom stereocenters. The standard InChI is InChI=1S/C25H20ClFN4O4S/c1-35-20-4-2-3-18(13-20)28-22(32)14-21-24(34)30(19-11-9-17(27)10-12-19)25(36)31(21)29-23(33)15-5-7-16(26)8-6-15/h2-13,21H,14H2,1H3,(H,28,32)(H,29,33). The van der Waals surface area contributed by atoms with Gasteiger partial charge in [-0.2, -0.15) is 0 Å². The summed E-state index contributed by atoms with van der Waals surface area (Å²) in [5.74, 6) is -1.54. The molecule has 0 bridgehead atoms. The fraction of sp³-hybridized carbons (Fsp3) is 0.120. The predicted octanol–water partition coefficient (Wildman–Crippen LogP) is 4.16. The number of rotatable bonds is 7. The molecule has 1 atom stereocenters. The van der Waals surface area contributed by atoms with Crippen molar-refractivity contribution in [2.75, 3.05) is 17.3 Å². The summed E-state index contributed by atoms with van der Waals surface area (Å²) in [4.78, 5) is 40.3. The molecule has 0 aromatic heterocycles. The monoisotopic (exact) mass is 526 g/mol. The summed E-state index contributed by atoms with van der Waals surface area (Å²) in [6, 6.07) is 16.9. The fourth-order valence-electron chi connectivity index (χ4n) is 3.59. The van der Waals surface area contributed by atoms with Crippen molar-refractivity contribution in [3.05, 3.63) is 89.2 Å². The lowest BCUT2D eigenvalue weighted by Gasteiger charge is -2.24. The number of ether oxygens (including phenoxy) is 1. The van der Waals surface area contributed by atoms with E-state index in [0.717, 1.165) is 4.90 Å². The Kier molecular flexibility index (Phi) is 7.47. The first-order valence-electron chi connectivity index (χ1n) is 10.7. The quantitative estimate of drug-likeness (QED) is 0.449. The zero-order valence-corrected chi connectivity index (χ0v) is 20.5. The lowest BCUT2D eigenvalue weighted by atomic mass is 10.1. The Morgan fingerprint density at radius 2 is 1.78 bits per heavy atom. The number of nitrogens with zero attached hydrogens (tertiary/aromatic N) is 2. The van der Waals surface area contributed by atoms with E-state index in [1.54, 1.807) is 36.4 Å². The van der Waals surface area contributed by atoms with Crippen LogP contribution in [0, 0.1) is 5.82 Å². The van der Waals surface area contributed by atoms with Gasteiger partial charge in [-0.1, -0.05) is 17.7 Å². The van der Waals surface area contributed by atoms with Gasteiger partial charge in [-0.15, -0.1) is 0 Å². The van der Waals surface area contributed by atoms with Crippen LogP contribution in [0.3, 0.4) is 0 Å². The van der Waals surface area contributed by atoms with Gasteiger partial charge in [-0.3, -0.25) is 24.7 Å². The van der Waals surface area contributed by atoms with Crippen LogP contribution >= 0.6 is 23.8 Å². The molecule has 0 radical (unpaired) electrons. The van der Waals surface area contributed by atoms with Crippen LogP contribution in [0.4, 0.5) is 15.8 Å². The fourth-order valence-corrected chi connectivity index (χ4v) is 4.08. The van der Waals surface area contributed by atoms with E-state index in [2.05, 4.69) is 10.7 Å². The number of thiocarbonyl (C=S) groups is 1. The first-order chi connectivity index (χ1) is 17.3. The number of halogens is 2. The number of carbonyl (C=O) groups is 3. The SMILES string of the molecule is COc1cccc(NC(=O)CC2C(=O)N(c3ccc(F)cc3)C(=S)N2NC(=O)c2ccc(Cl)cc2)c1. The third-order valence-corrected chi connectivity index (χ3v) is 5.99. The van der Waals surface area contributed by atoms with Crippen molar-refractivity contribution < 1.29 is 23.5 Å². The normalized spacial score (nSPS) is 15.1. The van der Waals surface area contributed by atoms with E-state index in [4.69, 9.17) is 28.6 Å². The molecule has 8 nitrogen and oxygen atoms in total. The Labute approximate surface area is 216 Å². The average Bonchev–Trinajstić information content (AvgIpc) is 3.09. The first kappa shape index (κ1) is 25.1. The molecule has 0 aliphatic carbocycles. The minimum Gasteiger partial charge on any atom is -0.497 e. The summed E-state index contributed by atoms with van der Waals surface area (Å²) < 4.78 is 18.6. The van der Waals surface area contributed by atoms with Crippen molar-refractivity contribution in [3.63, 3.8) is 0 Å². The van der Waals surface area contributed by atoms with Gasteiger partial charge in [0.2, 0.25) is 11.0 Å². The van der Waals surface area contributed by atoms with Gasteiger partial charge in [-0.05, 0) is 72.9 Å². The van der Waals surface area contributed by atoms with E-state index in [1.165, 1.54) is 48.5 Å². The lowest BCUT2D eigenvalue weighted by Crippen LogP contribution is -2.49. The molecule has 4 rings (SSSR count). The average molecular weight is 527 g/mol. The van der Waals surface area contributed by atoms with Crippen molar-refractivity contribution in [1.29, 1.82) is 0 Å². The molecule has 3 aromatic carbocycles. The molecule has 0 spiro atoms. The summed E-state index contributed by atoms with van der Waals surface area (Å²) >= 11 is 11.4.